The maximum Gasteiger partial charge on any atom is 0.237 e. The van der Waals surface area contributed by atoms with Crippen molar-refractivity contribution in [3.63, 3.8) is 0 Å². The van der Waals surface area contributed by atoms with Crippen molar-refractivity contribution < 1.29 is 13.2 Å². The number of carbonyl (C=O) groups is 1. The van der Waals surface area contributed by atoms with Gasteiger partial charge in [-0.2, -0.15) is 0 Å². The van der Waals surface area contributed by atoms with Crippen LogP contribution in [-0.4, -0.2) is 38.7 Å². The van der Waals surface area contributed by atoms with Crippen molar-refractivity contribution in [2.75, 3.05) is 12.3 Å². The van der Waals surface area contributed by atoms with Crippen molar-refractivity contribution in [1.29, 1.82) is 0 Å². The molecule has 0 saturated carbocycles. The van der Waals surface area contributed by atoms with Crippen LogP contribution in [0.1, 0.15) is 19.4 Å². The largest absolute Gasteiger partial charge is 0.354 e. The summed E-state index contributed by atoms with van der Waals surface area (Å²) in [5.74, 6) is -0.506. The second-order valence-electron chi connectivity index (χ2n) is 5.18. The van der Waals surface area contributed by atoms with Gasteiger partial charge in [-0.3, -0.25) is 4.79 Å². The van der Waals surface area contributed by atoms with Gasteiger partial charge in [0, 0.05) is 12.6 Å². The number of amides is 1. The van der Waals surface area contributed by atoms with E-state index in [-0.39, 0.29) is 24.2 Å². The van der Waals surface area contributed by atoms with E-state index in [2.05, 4.69) is 10.0 Å². The molecule has 1 rings (SSSR count). The number of benzene rings is 1. The molecule has 118 valence electrons. The monoisotopic (exact) mass is 313 g/mol. The Morgan fingerprint density at radius 3 is 2.43 bits per heavy atom. The predicted molar refractivity (Wildman–Crippen MR) is 83.2 cm³/mol. The van der Waals surface area contributed by atoms with E-state index in [0.717, 1.165) is 5.56 Å². The summed E-state index contributed by atoms with van der Waals surface area (Å²) in [6, 6.07) is 8.59. The number of hydrogen-bond donors (Lipinski definition) is 3. The summed E-state index contributed by atoms with van der Waals surface area (Å²) in [5.41, 5.74) is 6.77. The van der Waals surface area contributed by atoms with E-state index in [1.165, 1.54) is 0 Å². The summed E-state index contributed by atoms with van der Waals surface area (Å²) in [7, 11) is -3.37. The molecule has 21 heavy (non-hydrogen) atoms. The minimum Gasteiger partial charge on any atom is -0.354 e. The fraction of sp³-hybridized carbons (Fsp3) is 0.500. The van der Waals surface area contributed by atoms with E-state index in [4.69, 9.17) is 5.73 Å². The molecule has 7 heteroatoms. The van der Waals surface area contributed by atoms with Gasteiger partial charge in [0.15, 0.2) is 0 Å². The van der Waals surface area contributed by atoms with Gasteiger partial charge in [0.2, 0.25) is 15.9 Å². The van der Waals surface area contributed by atoms with Crippen LogP contribution in [0.3, 0.4) is 0 Å². The number of rotatable bonds is 8. The summed E-state index contributed by atoms with van der Waals surface area (Å²) in [6.07, 6.45) is 0.420. The third-order valence-corrected chi connectivity index (χ3v) is 4.29. The van der Waals surface area contributed by atoms with Crippen molar-refractivity contribution in [1.82, 2.24) is 10.0 Å². The van der Waals surface area contributed by atoms with E-state index in [9.17, 15) is 13.2 Å². The summed E-state index contributed by atoms with van der Waals surface area (Å²) in [5, 5.41) is 2.55. The van der Waals surface area contributed by atoms with Crippen LogP contribution in [0.4, 0.5) is 0 Å². The van der Waals surface area contributed by atoms with Crippen molar-refractivity contribution in [2.45, 2.75) is 32.4 Å². The van der Waals surface area contributed by atoms with Crippen molar-refractivity contribution in [3.05, 3.63) is 35.9 Å². The number of hydrogen-bond acceptors (Lipinski definition) is 4. The number of nitrogens with two attached hydrogens (primary N) is 1. The highest BCUT2D eigenvalue weighted by Gasteiger charge is 2.16. The Morgan fingerprint density at radius 2 is 1.86 bits per heavy atom. The second-order valence-corrected chi connectivity index (χ2v) is 7.05. The quantitative estimate of drug-likeness (QED) is 0.629. The van der Waals surface area contributed by atoms with Crippen LogP contribution in [0.15, 0.2) is 30.3 Å². The normalized spacial score (nSPS) is 13.1. The Labute approximate surface area is 126 Å². The number of nitrogens with one attached hydrogen (secondary N) is 2. The molecule has 1 aromatic rings. The first kappa shape index (κ1) is 17.6. The topological polar surface area (TPSA) is 101 Å². The lowest BCUT2D eigenvalue weighted by Gasteiger charge is -2.13. The van der Waals surface area contributed by atoms with Crippen molar-refractivity contribution >= 4 is 15.9 Å². The molecule has 1 aromatic carbocycles. The van der Waals surface area contributed by atoms with E-state index < -0.39 is 16.1 Å². The zero-order valence-electron chi connectivity index (χ0n) is 12.4. The molecule has 1 atom stereocenters. The SMILES string of the molecule is CC(C)NS(=O)(=O)CCNC(=O)[C@@H](N)Cc1ccccc1. The summed E-state index contributed by atoms with van der Waals surface area (Å²) in [4.78, 5) is 11.8. The molecular formula is C14H23N3O3S. The lowest BCUT2D eigenvalue weighted by atomic mass is 10.1. The first-order chi connectivity index (χ1) is 9.80. The van der Waals surface area contributed by atoms with Gasteiger partial charge in [-0.05, 0) is 25.8 Å². The van der Waals surface area contributed by atoms with Crippen LogP contribution in [0, 0.1) is 0 Å². The van der Waals surface area contributed by atoms with Crippen molar-refractivity contribution in [3.8, 4) is 0 Å². The van der Waals surface area contributed by atoms with Crippen LogP contribution in [-0.2, 0) is 21.2 Å². The second kappa shape index (κ2) is 8.11. The molecule has 0 spiro atoms. The third kappa shape index (κ3) is 7.22. The van der Waals surface area contributed by atoms with E-state index >= 15 is 0 Å². The molecule has 0 saturated heterocycles. The minimum atomic E-state index is -3.37. The van der Waals surface area contributed by atoms with Gasteiger partial charge >= 0.3 is 0 Å². The molecule has 0 heterocycles. The highest BCUT2D eigenvalue weighted by molar-refractivity contribution is 7.89. The van der Waals surface area contributed by atoms with Gasteiger partial charge < -0.3 is 11.1 Å². The maximum absolute atomic E-state index is 11.8. The average molecular weight is 313 g/mol. The first-order valence-corrected chi connectivity index (χ1v) is 8.52. The lowest BCUT2D eigenvalue weighted by molar-refractivity contribution is -0.122. The Bertz CT molecular complexity index is 544. The smallest absolute Gasteiger partial charge is 0.237 e. The Kier molecular flexibility index (Phi) is 6.80. The standard InChI is InChI=1S/C14H23N3O3S/c1-11(2)17-21(19,20)9-8-16-14(18)13(15)10-12-6-4-3-5-7-12/h3-7,11,13,17H,8-10,15H2,1-2H3,(H,16,18)/t13-/m0/s1. The van der Waals surface area contributed by atoms with Crippen molar-refractivity contribution in [2.24, 2.45) is 5.73 Å². The van der Waals surface area contributed by atoms with E-state index in [0.29, 0.717) is 6.42 Å². The van der Waals surface area contributed by atoms with Gasteiger partial charge in [0.05, 0.1) is 11.8 Å². The first-order valence-electron chi connectivity index (χ1n) is 6.87. The Hall–Kier alpha value is -1.44. The zero-order valence-corrected chi connectivity index (χ0v) is 13.2. The van der Waals surface area contributed by atoms with Gasteiger partial charge in [0.25, 0.3) is 0 Å². The summed E-state index contributed by atoms with van der Waals surface area (Å²) < 4.78 is 25.6. The van der Waals surface area contributed by atoms with E-state index in [1.54, 1.807) is 13.8 Å². The molecule has 0 fully saturated rings. The van der Waals surface area contributed by atoms with Crippen LogP contribution in [0.25, 0.3) is 0 Å². The fourth-order valence-electron chi connectivity index (χ4n) is 1.82. The van der Waals surface area contributed by atoms with Crippen LogP contribution in [0.2, 0.25) is 0 Å². The molecule has 6 nitrogen and oxygen atoms in total. The molecule has 0 aliphatic carbocycles. The lowest BCUT2D eigenvalue weighted by Crippen LogP contribution is -2.44. The minimum absolute atomic E-state index is 0.0450. The number of carbonyl (C=O) groups excluding carboxylic acids is 1. The van der Waals surface area contributed by atoms with E-state index in [1.807, 2.05) is 30.3 Å². The fourth-order valence-corrected chi connectivity index (χ4v) is 3.03. The highest BCUT2D eigenvalue weighted by atomic mass is 32.2. The summed E-state index contributed by atoms with van der Waals surface area (Å²) in [6.45, 7) is 3.53. The van der Waals surface area contributed by atoms with Crippen LogP contribution >= 0.6 is 0 Å². The molecule has 0 aliphatic heterocycles. The van der Waals surface area contributed by atoms with Gasteiger partial charge in [-0.15, -0.1) is 0 Å². The number of sulfonamides is 1. The third-order valence-electron chi connectivity index (χ3n) is 2.72. The maximum atomic E-state index is 11.8. The molecule has 0 aromatic heterocycles. The molecule has 1 amide bonds. The zero-order chi connectivity index (χ0) is 15.9. The Balaban J connectivity index is 2.37. The molecule has 0 aliphatic rings. The molecular weight excluding hydrogens is 290 g/mol. The van der Waals surface area contributed by atoms with Gasteiger partial charge in [-0.1, -0.05) is 30.3 Å². The van der Waals surface area contributed by atoms with Crippen LogP contribution < -0.4 is 15.8 Å². The molecule has 4 N–H and O–H groups in total. The molecule has 0 bridgehead atoms. The highest BCUT2D eigenvalue weighted by Crippen LogP contribution is 2.01. The van der Waals surface area contributed by atoms with Gasteiger partial charge in [0.1, 0.15) is 0 Å². The summed E-state index contributed by atoms with van der Waals surface area (Å²) >= 11 is 0. The molecule has 0 radical (unpaired) electrons. The average Bonchev–Trinajstić information content (AvgIpc) is 2.37. The Morgan fingerprint density at radius 1 is 1.24 bits per heavy atom. The van der Waals surface area contributed by atoms with Crippen LogP contribution in [0.5, 0.6) is 0 Å². The van der Waals surface area contributed by atoms with Gasteiger partial charge in [-0.25, -0.2) is 13.1 Å². The predicted octanol–water partition coefficient (Wildman–Crippen LogP) is 0.000400. The molecule has 0 unspecified atom stereocenters.